The van der Waals surface area contributed by atoms with Crippen LogP contribution in [-0.4, -0.2) is 6.71 Å². The normalized spacial score (nSPS) is 14.0. The van der Waals surface area contributed by atoms with E-state index in [2.05, 4.69) is 165 Å². The molecule has 3 heteroatoms. The Morgan fingerprint density at radius 3 is 1.89 bits per heavy atom. The Balaban J connectivity index is 1.52. The molecule has 6 aromatic carbocycles. The Morgan fingerprint density at radius 1 is 0.659 bits per heavy atom. The minimum absolute atomic E-state index is 0.0756. The predicted molar refractivity (Wildman–Crippen MR) is 192 cm³/mol. The van der Waals surface area contributed by atoms with Crippen molar-refractivity contribution < 1.29 is 0 Å². The Kier molecular flexibility index (Phi) is 6.09. The van der Waals surface area contributed by atoms with Crippen molar-refractivity contribution in [2.24, 2.45) is 0 Å². The summed E-state index contributed by atoms with van der Waals surface area (Å²) in [4.78, 5) is 4.90. The van der Waals surface area contributed by atoms with Crippen LogP contribution in [0.1, 0.15) is 19.4 Å². The van der Waals surface area contributed by atoms with Crippen LogP contribution in [0, 0.1) is 6.92 Å². The topological polar surface area (TPSA) is 6.48 Å². The monoisotopic (exact) mass is 564 g/mol. The van der Waals surface area contributed by atoms with E-state index in [1.807, 2.05) is 6.08 Å². The Labute approximate surface area is 260 Å². The molecule has 0 atom stereocenters. The molecule has 0 fully saturated rings. The first kappa shape index (κ1) is 26.4. The maximum absolute atomic E-state index is 4.30. The average Bonchev–Trinajstić information content (AvgIpc) is 3.05. The molecule has 0 N–H and O–H groups in total. The molecule has 2 aliphatic heterocycles. The zero-order valence-corrected chi connectivity index (χ0v) is 25.4. The van der Waals surface area contributed by atoms with Gasteiger partial charge < -0.3 is 9.80 Å². The lowest BCUT2D eigenvalue weighted by Gasteiger charge is -2.44. The molecule has 2 heterocycles. The van der Waals surface area contributed by atoms with Crippen LogP contribution in [0.5, 0.6) is 0 Å². The number of rotatable bonds is 4. The summed E-state index contributed by atoms with van der Waals surface area (Å²) in [6, 6.07) is 42.7. The zero-order valence-electron chi connectivity index (χ0n) is 25.4. The van der Waals surface area contributed by atoms with Gasteiger partial charge in [-0.3, -0.25) is 0 Å². The van der Waals surface area contributed by atoms with Gasteiger partial charge in [0.05, 0.1) is 0 Å². The van der Waals surface area contributed by atoms with E-state index < -0.39 is 0 Å². The summed E-state index contributed by atoms with van der Waals surface area (Å²) in [5.41, 5.74) is 13.5. The molecule has 0 spiro atoms. The first-order valence-electron chi connectivity index (χ1n) is 15.4. The molecule has 6 aromatic rings. The van der Waals surface area contributed by atoms with Crippen LogP contribution < -0.4 is 26.2 Å². The first-order chi connectivity index (χ1) is 21.6. The maximum atomic E-state index is 4.30. The Hall–Kier alpha value is -5.28. The van der Waals surface area contributed by atoms with E-state index in [1.165, 1.54) is 77.5 Å². The Morgan fingerprint density at radius 2 is 1.25 bits per heavy atom. The van der Waals surface area contributed by atoms with Gasteiger partial charge in [0.1, 0.15) is 0 Å². The minimum atomic E-state index is 0.0756. The second-order valence-corrected chi connectivity index (χ2v) is 12.0. The SMILES string of the molecule is C=C/C(=C\C(C)=C/C)N1c2cc3ccccc3cc2B2c3cc4ccccc4cc3N(c3cccc(C)c3)c3cccc1c32. The fraction of sp³-hybridized carbons (Fsp3) is 0.0732. The molecule has 0 aromatic heterocycles. The van der Waals surface area contributed by atoms with Gasteiger partial charge in [-0.15, -0.1) is 0 Å². The molecular weight excluding hydrogens is 531 g/mol. The van der Waals surface area contributed by atoms with Gasteiger partial charge in [-0.05, 0) is 113 Å². The van der Waals surface area contributed by atoms with Crippen LogP contribution in [0.25, 0.3) is 21.5 Å². The maximum Gasteiger partial charge on any atom is 0.252 e. The van der Waals surface area contributed by atoms with E-state index in [0.29, 0.717) is 0 Å². The van der Waals surface area contributed by atoms with Crippen molar-refractivity contribution >= 4 is 73.1 Å². The number of hydrogen-bond acceptors (Lipinski definition) is 2. The second-order valence-electron chi connectivity index (χ2n) is 12.0. The molecule has 0 aliphatic carbocycles. The fourth-order valence-corrected chi connectivity index (χ4v) is 7.16. The van der Waals surface area contributed by atoms with E-state index in [4.69, 9.17) is 0 Å². The van der Waals surface area contributed by atoms with Crippen molar-refractivity contribution in [3.63, 3.8) is 0 Å². The van der Waals surface area contributed by atoms with Crippen molar-refractivity contribution in [2.45, 2.75) is 20.8 Å². The standard InChI is InChI=1S/C41H33BN2/c1-5-27(3)21-33(6-2)43-37-19-12-20-38-41(37)42(35-23-29-14-7-9-16-31(29)25-39(35)43)36-24-30-15-8-10-17-32(30)26-40(36)44(38)34-18-11-13-28(4)22-34/h5-26H,2H2,1,3-4H3/b27-5-,33-21+. The molecular formula is C41H33BN2. The van der Waals surface area contributed by atoms with Gasteiger partial charge in [0, 0.05) is 34.1 Å². The van der Waals surface area contributed by atoms with Crippen LogP contribution in [0.2, 0.25) is 0 Å². The van der Waals surface area contributed by atoms with Gasteiger partial charge in [-0.1, -0.05) is 97.1 Å². The average molecular weight is 565 g/mol. The molecule has 2 nitrogen and oxygen atoms in total. The lowest BCUT2D eigenvalue weighted by atomic mass is 9.33. The minimum Gasteiger partial charge on any atom is -0.311 e. The Bertz CT molecular complexity index is 2210. The van der Waals surface area contributed by atoms with Crippen molar-refractivity contribution in [1.29, 1.82) is 0 Å². The molecule has 0 unspecified atom stereocenters. The number of allylic oxidation sites excluding steroid dienone is 4. The van der Waals surface area contributed by atoms with E-state index in [1.54, 1.807) is 0 Å². The number of nitrogens with zero attached hydrogens (tertiary/aromatic N) is 2. The van der Waals surface area contributed by atoms with Crippen molar-refractivity contribution in [3.8, 4) is 0 Å². The highest BCUT2D eigenvalue weighted by Crippen LogP contribution is 2.44. The fourth-order valence-electron chi connectivity index (χ4n) is 7.16. The van der Waals surface area contributed by atoms with E-state index >= 15 is 0 Å². The van der Waals surface area contributed by atoms with Gasteiger partial charge in [-0.25, -0.2) is 0 Å². The lowest BCUT2D eigenvalue weighted by Crippen LogP contribution is -2.61. The van der Waals surface area contributed by atoms with Crippen LogP contribution >= 0.6 is 0 Å². The van der Waals surface area contributed by atoms with Crippen molar-refractivity contribution in [1.82, 2.24) is 0 Å². The second kappa shape index (κ2) is 10.2. The molecule has 0 amide bonds. The lowest BCUT2D eigenvalue weighted by molar-refractivity contribution is 1.20. The summed E-state index contributed by atoms with van der Waals surface area (Å²) in [6.45, 7) is 10.8. The molecule has 210 valence electrons. The quantitative estimate of drug-likeness (QED) is 0.155. The summed E-state index contributed by atoms with van der Waals surface area (Å²) < 4.78 is 0. The summed E-state index contributed by atoms with van der Waals surface area (Å²) in [6.07, 6.45) is 6.39. The smallest absolute Gasteiger partial charge is 0.252 e. The third-order valence-corrected chi connectivity index (χ3v) is 9.28. The van der Waals surface area contributed by atoms with Crippen LogP contribution in [0.15, 0.2) is 151 Å². The van der Waals surface area contributed by atoms with Crippen LogP contribution in [0.3, 0.4) is 0 Å². The predicted octanol–water partition coefficient (Wildman–Crippen LogP) is 9.09. The third-order valence-electron chi connectivity index (χ3n) is 9.28. The van der Waals surface area contributed by atoms with Gasteiger partial charge in [0.25, 0.3) is 6.71 Å². The molecule has 2 aliphatic rings. The summed E-state index contributed by atoms with van der Waals surface area (Å²) in [7, 11) is 0. The third kappa shape index (κ3) is 3.97. The van der Waals surface area contributed by atoms with E-state index in [-0.39, 0.29) is 6.71 Å². The zero-order chi connectivity index (χ0) is 29.9. The van der Waals surface area contributed by atoms with E-state index in [9.17, 15) is 0 Å². The molecule has 0 saturated carbocycles. The van der Waals surface area contributed by atoms with Gasteiger partial charge in [-0.2, -0.15) is 0 Å². The summed E-state index contributed by atoms with van der Waals surface area (Å²) >= 11 is 0. The molecule has 0 bridgehead atoms. The van der Waals surface area contributed by atoms with Crippen molar-refractivity contribution in [2.75, 3.05) is 9.80 Å². The molecule has 8 rings (SSSR count). The van der Waals surface area contributed by atoms with Gasteiger partial charge in [0.15, 0.2) is 0 Å². The van der Waals surface area contributed by atoms with Crippen LogP contribution in [-0.2, 0) is 0 Å². The summed E-state index contributed by atoms with van der Waals surface area (Å²) in [5, 5.41) is 5.00. The molecule has 0 saturated heterocycles. The molecule has 44 heavy (non-hydrogen) atoms. The van der Waals surface area contributed by atoms with Gasteiger partial charge >= 0.3 is 0 Å². The van der Waals surface area contributed by atoms with E-state index in [0.717, 1.165) is 5.70 Å². The number of fused-ring (bicyclic) bond motifs is 6. The highest BCUT2D eigenvalue weighted by atomic mass is 15.2. The van der Waals surface area contributed by atoms with Crippen LogP contribution in [0.4, 0.5) is 28.4 Å². The number of aryl methyl sites for hydroxylation is 1. The molecule has 0 radical (unpaired) electrons. The first-order valence-corrected chi connectivity index (χ1v) is 15.4. The van der Waals surface area contributed by atoms with Crippen molar-refractivity contribution in [3.05, 3.63) is 157 Å². The number of benzene rings is 6. The largest absolute Gasteiger partial charge is 0.311 e. The summed E-state index contributed by atoms with van der Waals surface area (Å²) in [5.74, 6) is 0. The highest BCUT2D eigenvalue weighted by molar-refractivity contribution is 7.00. The number of hydrogen-bond donors (Lipinski definition) is 0. The number of anilines is 5. The van der Waals surface area contributed by atoms with Gasteiger partial charge in [0.2, 0.25) is 0 Å². The highest BCUT2D eigenvalue weighted by Gasteiger charge is 2.43.